The third kappa shape index (κ3) is 2.89. The molecule has 1 aliphatic heterocycles. The molecule has 0 fully saturated rings. The maximum Gasteiger partial charge on any atom is 0.274 e. The quantitative estimate of drug-likeness (QED) is 0.784. The number of benzene rings is 1. The number of thioether (sulfide) groups is 1. The molecule has 3 heterocycles. The van der Waals surface area contributed by atoms with Gasteiger partial charge in [-0.05, 0) is 36.4 Å². The molecule has 2 amide bonds. The number of aromatic nitrogens is 1. The van der Waals surface area contributed by atoms with Gasteiger partial charge in [0.05, 0.1) is 11.8 Å². The third-order valence-corrected chi connectivity index (χ3v) is 5.04. The first-order valence-electron chi connectivity index (χ1n) is 7.58. The summed E-state index contributed by atoms with van der Waals surface area (Å²) in [7, 11) is 0. The van der Waals surface area contributed by atoms with Gasteiger partial charge in [0, 0.05) is 22.9 Å². The van der Waals surface area contributed by atoms with Crippen LogP contribution in [0.3, 0.4) is 0 Å². The van der Waals surface area contributed by atoms with Crippen molar-refractivity contribution in [3.63, 3.8) is 0 Å². The lowest BCUT2D eigenvalue weighted by Crippen LogP contribution is -2.49. The highest BCUT2D eigenvalue weighted by Gasteiger charge is 2.36. The van der Waals surface area contributed by atoms with E-state index in [9.17, 15) is 9.59 Å². The zero-order valence-electron chi connectivity index (χ0n) is 13.0. The van der Waals surface area contributed by atoms with Crippen LogP contribution in [0, 0.1) is 0 Å². The van der Waals surface area contributed by atoms with E-state index in [2.05, 4.69) is 10.4 Å². The van der Waals surface area contributed by atoms with Gasteiger partial charge < -0.3 is 4.42 Å². The summed E-state index contributed by atoms with van der Waals surface area (Å²) in [5.74, 6) is -0.0756. The average Bonchev–Trinajstić information content (AvgIpc) is 3.19. The minimum absolute atomic E-state index is 0.279. The van der Waals surface area contributed by atoms with Crippen LogP contribution in [-0.4, -0.2) is 21.8 Å². The molecule has 1 unspecified atom stereocenters. The molecule has 0 saturated carbocycles. The first kappa shape index (κ1) is 15.5. The van der Waals surface area contributed by atoms with E-state index in [-0.39, 0.29) is 11.8 Å². The number of fused-ring (bicyclic) bond motifs is 1. The minimum atomic E-state index is -0.483. The SMILES string of the molecule is O=C(NN1C(=O)c2ccccc2SC1c1ccco1)c1ccncc1. The van der Waals surface area contributed by atoms with Crippen molar-refractivity contribution in [3.05, 3.63) is 84.1 Å². The molecule has 25 heavy (non-hydrogen) atoms. The standard InChI is InChI=1S/C18H13N3O3S/c22-16(12-7-9-19-10-8-12)20-21-17(23)13-4-1-2-6-15(13)25-18(21)14-5-3-11-24-14/h1-11,18H,(H,20,22). The number of hydrazine groups is 1. The van der Waals surface area contributed by atoms with Gasteiger partial charge >= 0.3 is 0 Å². The molecule has 7 heteroatoms. The molecule has 1 aliphatic rings. The van der Waals surface area contributed by atoms with E-state index in [1.807, 2.05) is 12.1 Å². The Morgan fingerprint density at radius 2 is 1.92 bits per heavy atom. The molecule has 1 N–H and O–H groups in total. The largest absolute Gasteiger partial charge is 0.466 e. The highest BCUT2D eigenvalue weighted by atomic mass is 32.2. The number of furan rings is 1. The molecule has 0 bridgehead atoms. The number of nitrogens with zero attached hydrogens (tertiary/aromatic N) is 2. The lowest BCUT2D eigenvalue weighted by atomic mass is 10.2. The van der Waals surface area contributed by atoms with Gasteiger partial charge in [-0.1, -0.05) is 23.9 Å². The molecule has 4 rings (SSSR count). The van der Waals surface area contributed by atoms with E-state index >= 15 is 0 Å². The Bertz CT molecular complexity index is 912. The lowest BCUT2D eigenvalue weighted by Gasteiger charge is -2.34. The Labute approximate surface area is 147 Å². The number of carbonyl (C=O) groups excluding carboxylic acids is 2. The highest BCUT2D eigenvalue weighted by molar-refractivity contribution is 7.99. The van der Waals surface area contributed by atoms with Crippen molar-refractivity contribution in [1.82, 2.24) is 15.4 Å². The van der Waals surface area contributed by atoms with Crippen molar-refractivity contribution in [2.45, 2.75) is 10.3 Å². The van der Waals surface area contributed by atoms with Crippen molar-refractivity contribution in [1.29, 1.82) is 0 Å². The van der Waals surface area contributed by atoms with Crippen LogP contribution in [0.2, 0.25) is 0 Å². The van der Waals surface area contributed by atoms with Gasteiger partial charge in [0.25, 0.3) is 11.8 Å². The molecule has 0 saturated heterocycles. The summed E-state index contributed by atoms with van der Waals surface area (Å²) < 4.78 is 5.48. The van der Waals surface area contributed by atoms with Gasteiger partial charge in [-0.2, -0.15) is 0 Å². The molecule has 0 aliphatic carbocycles. The predicted molar refractivity (Wildman–Crippen MR) is 91.6 cm³/mol. The monoisotopic (exact) mass is 351 g/mol. The Hall–Kier alpha value is -3.06. The van der Waals surface area contributed by atoms with E-state index < -0.39 is 5.37 Å². The first-order chi connectivity index (χ1) is 12.2. The van der Waals surface area contributed by atoms with Gasteiger partial charge in [0.2, 0.25) is 0 Å². The molecule has 3 aromatic rings. The Kier molecular flexibility index (Phi) is 3.99. The molecule has 124 valence electrons. The Morgan fingerprint density at radius 1 is 1.12 bits per heavy atom. The van der Waals surface area contributed by atoms with E-state index in [4.69, 9.17) is 4.42 Å². The predicted octanol–water partition coefficient (Wildman–Crippen LogP) is 3.27. The fourth-order valence-electron chi connectivity index (χ4n) is 2.56. The van der Waals surface area contributed by atoms with Crippen molar-refractivity contribution in [3.8, 4) is 0 Å². The van der Waals surface area contributed by atoms with Crippen LogP contribution in [0.25, 0.3) is 0 Å². The smallest absolute Gasteiger partial charge is 0.274 e. The summed E-state index contributed by atoms with van der Waals surface area (Å²) in [5, 5.41) is 0.831. The number of hydrogen-bond acceptors (Lipinski definition) is 5. The first-order valence-corrected chi connectivity index (χ1v) is 8.45. The van der Waals surface area contributed by atoms with Crippen molar-refractivity contribution in [2.24, 2.45) is 0 Å². The van der Waals surface area contributed by atoms with Gasteiger partial charge in [-0.3, -0.25) is 20.0 Å². The van der Waals surface area contributed by atoms with E-state index in [1.54, 1.807) is 42.7 Å². The Morgan fingerprint density at radius 3 is 2.68 bits per heavy atom. The summed E-state index contributed by atoms with van der Waals surface area (Å²) in [6.07, 6.45) is 4.60. The van der Waals surface area contributed by atoms with E-state index in [0.717, 1.165) is 4.90 Å². The third-order valence-electron chi connectivity index (χ3n) is 3.76. The summed E-state index contributed by atoms with van der Waals surface area (Å²) in [6.45, 7) is 0. The number of nitrogens with one attached hydrogen (secondary N) is 1. The molecule has 1 atom stereocenters. The van der Waals surface area contributed by atoms with Crippen LogP contribution in [-0.2, 0) is 0 Å². The fourth-order valence-corrected chi connectivity index (χ4v) is 3.74. The topological polar surface area (TPSA) is 75.4 Å². The molecule has 1 aromatic carbocycles. The second kappa shape index (κ2) is 6.45. The van der Waals surface area contributed by atoms with Crippen LogP contribution in [0.4, 0.5) is 0 Å². The Balaban J connectivity index is 1.70. The molecular weight excluding hydrogens is 338 g/mol. The van der Waals surface area contributed by atoms with Gasteiger partial charge in [0.1, 0.15) is 5.76 Å². The van der Waals surface area contributed by atoms with Crippen molar-refractivity contribution >= 4 is 23.6 Å². The second-order valence-electron chi connectivity index (χ2n) is 5.33. The zero-order chi connectivity index (χ0) is 17.2. The van der Waals surface area contributed by atoms with E-state index in [1.165, 1.54) is 29.2 Å². The van der Waals surface area contributed by atoms with Crippen LogP contribution in [0.1, 0.15) is 31.9 Å². The highest BCUT2D eigenvalue weighted by Crippen LogP contribution is 2.43. The zero-order valence-corrected chi connectivity index (χ0v) is 13.8. The van der Waals surface area contributed by atoms with Crippen LogP contribution in [0.15, 0.2) is 76.5 Å². The number of pyridine rings is 1. The number of carbonyl (C=O) groups is 2. The van der Waals surface area contributed by atoms with Gasteiger partial charge in [0.15, 0.2) is 5.37 Å². The van der Waals surface area contributed by atoms with Crippen LogP contribution >= 0.6 is 11.8 Å². The summed E-state index contributed by atoms with van der Waals surface area (Å²) in [6, 6.07) is 14.0. The normalized spacial score (nSPS) is 16.4. The van der Waals surface area contributed by atoms with E-state index in [0.29, 0.717) is 16.9 Å². The summed E-state index contributed by atoms with van der Waals surface area (Å²) >= 11 is 1.45. The number of amides is 2. The molecule has 2 aromatic heterocycles. The second-order valence-corrected chi connectivity index (χ2v) is 6.46. The van der Waals surface area contributed by atoms with Gasteiger partial charge in [-0.15, -0.1) is 0 Å². The molecule has 0 spiro atoms. The average molecular weight is 351 g/mol. The number of rotatable bonds is 3. The molecule has 6 nitrogen and oxygen atoms in total. The van der Waals surface area contributed by atoms with Gasteiger partial charge in [-0.25, -0.2) is 5.01 Å². The molecule has 0 radical (unpaired) electrons. The van der Waals surface area contributed by atoms with Crippen LogP contribution < -0.4 is 5.43 Å². The summed E-state index contributed by atoms with van der Waals surface area (Å²) in [5.41, 5.74) is 3.67. The summed E-state index contributed by atoms with van der Waals surface area (Å²) in [4.78, 5) is 30.2. The fraction of sp³-hybridized carbons (Fsp3) is 0.0556. The maximum absolute atomic E-state index is 12.9. The maximum atomic E-state index is 12.9. The van der Waals surface area contributed by atoms with Crippen LogP contribution in [0.5, 0.6) is 0 Å². The lowest BCUT2D eigenvalue weighted by molar-refractivity contribution is 0.0531. The minimum Gasteiger partial charge on any atom is -0.466 e. The number of hydrogen-bond donors (Lipinski definition) is 1. The van der Waals surface area contributed by atoms with Crippen molar-refractivity contribution in [2.75, 3.05) is 0 Å². The van der Waals surface area contributed by atoms with Crippen molar-refractivity contribution < 1.29 is 14.0 Å². The molecular formula is C18H13N3O3S.